The minimum atomic E-state index is -3.79. The first-order valence-electron chi connectivity index (χ1n) is 4.40. The molecule has 0 saturated heterocycles. The lowest BCUT2D eigenvalue weighted by Crippen LogP contribution is -2.26. The van der Waals surface area contributed by atoms with Gasteiger partial charge in [-0.3, -0.25) is 0 Å². The minimum absolute atomic E-state index is 0.0730. The molecule has 1 aromatic carbocycles. The number of benzene rings is 1. The fraction of sp³-hybridized carbons (Fsp3) is 0.333. The van der Waals surface area contributed by atoms with Crippen LogP contribution in [0.1, 0.15) is 0 Å². The van der Waals surface area contributed by atoms with E-state index in [1.54, 1.807) is 0 Å². The predicted octanol–water partition coefficient (Wildman–Crippen LogP) is 1.35. The maximum absolute atomic E-state index is 13.0. The fourth-order valence-electron chi connectivity index (χ4n) is 1.11. The third-order valence-electron chi connectivity index (χ3n) is 1.80. The molecular weight excluding hydrogens is 257 g/mol. The van der Waals surface area contributed by atoms with Crippen LogP contribution < -0.4 is 9.46 Å². The molecule has 0 aliphatic rings. The van der Waals surface area contributed by atoms with Crippen LogP contribution in [0.2, 0.25) is 0 Å². The second-order valence-electron chi connectivity index (χ2n) is 2.88. The molecule has 1 aromatic rings. The molecule has 0 unspecified atom stereocenters. The molecule has 0 aromatic heterocycles. The standard InChI is InChI=1S/C9H11ClFNO3S/c1-15-8-3-2-7(11)6-9(8)16(13,14)12-5-4-10/h2-3,6,12H,4-5H2,1H3. The van der Waals surface area contributed by atoms with Gasteiger partial charge in [0, 0.05) is 12.4 Å². The van der Waals surface area contributed by atoms with E-state index in [2.05, 4.69) is 4.72 Å². The van der Waals surface area contributed by atoms with E-state index in [-0.39, 0.29) is 23.1 Å². The van der Waals surface area contributed by atoms with Crippen LogP contribution in [0.15, 0.2) is 23.1 Å². The van der Waals surface area contributed by atoms with Crippen LogP contribution >= 0.6 is 11.6 Å². The predicted molar refractivity (Wildman–Crippen MR) is 58.9 cm³/mol. The summed E-state index contributed by atoms with van der Waals surface area (Å²) in [7, 11) is -2.47. The zero-order chi connectivity index (χ0) is 12.2. The van der Waals surface area contributed by atoms with Gasteiger partial charge in [0.2, 0.25) is 10.0 Å². The summed E-state index contributed by atoms with van der Waals surface area (Å²) >= 11 is 5.37. The van der Waals surface area contributed by atoms with Gasteiger partial charge < -0.3 is 4.74 Å². The molecule has 0 aliphatic carbocycles. The third-order valence-corrected chi connectivity index (χ3v) is 3.47. The largest absolute Gasteiger partial charge is 0.495 e. The average molecular weight is 268 g/mol. The van der Waals surface area contributed by atoms with Crippen molar-refractivity contribution < 1.29 is 17.5 Å². The third kappa shape index (κ3) is 3.07. The molecular formula is C9H11ClFNO3S. The van der Waals surface area contributed by atoms with Crippen molar-refractivity contribution in [3.05, 3.63) is 24.0 Å². The van der Waals surface area contributed by atoms with Crippen molar-refractivity contribution in [2.24, 2.45) is 0 Å². The Morgan fingerprint density at radius 1 is 1.50 bits per heavy atom. The Labute approximate surface area is 98.4 Å². The molecule has 1 rings (SSSR count). The summed E-state index contributed by atoms with van der Waals surface area (Å²) in [5.74, 6) is -0.424. The van der Waals surface area contributed by atoms with E-state index in [4.69, 9.17) is 16.3 Å². The number of halogens is 2. The van der Waals surface area contributed by atoms with Gasteiger partial charge in [0.05, 0.1) is 7.11 Å². The van der Waals surface area contributed by atoms with Crippen LogP contribution in [0.5, 0.6) is 5.75 Å². The van der Waals surface area contributed by atoms with E-state index < -0.39 is 15.8 Å². The lowest BCUT2D eigenvalue weighted by atomic mass is 10.3. The lowest BCUT2D eigenvalue weighted by Gasteiger charge is -2.09. The molecule has 0 bridgehead atoms. The van der Waals surface area contributed by atoms with Crippen molar-refractivity contribution in [3.8, 4) is 5.75 Å². The summed E-state index contributed by atoms with van der Waals surface area (Å²) in [6.07, 6.45) is 0. The number of nitrogens with one attached hydrogen (secondary N) is 1. The van der Waals surface area contributed by atoms with E-state index in [1.165, 1.54) is 13.2 Å². The quantitative estimate of drug-likeness (QED) is 0.820. The second-order valence-corrected chi connectivity index (χ2v) is 5.00. The lowest BCUT2D eigenvalue weighted by molar-refractivity contribution is 0.400. The topological polar surface area (TPSA) is 55.4 Å². The van der Waals surface area contributed by atoms with E-state index in [9.17, 15) is 12.8 Å². The van der Waals surface area contributed by atoms with Gasteiger partial charge in [0.15, 0.2) is 0 Å². The number of alkyl halides is 1. The molecule has 0 atom stereocenters. The second kappa shape index (κ2) is 5.47. The number of hydrogen-bond acceptors (Lipinski definition) is 3. The van der Waals surface area contributed by atoms with Gasteiger partial charge in [0.1, 0.15) is 16.5 Å². The van der Waals surface area contributed by atoms with Gasteiger partial charge in [-0.15, -0.1) is 11.6 Å². The molecule has 0 heterocycles. The monoisotopic (exact) mass is 267 g/mol. The summed E-state index contributed by atoms with van der Waals surface area (Å²) in [5, 5.41) is 0. The highest BCUT2D eigenvalue weighted by Crippen LogP contribution is 2.23. The Balaban J connectivity index is 3.15. The van der Waals surface area contributed by atoms with Crippen LogP contribution in [0.3, 0.4) is 0 Å². The summed E-state index contributed by atoms with van der Waals surface area (Å²) < 4.78 is 43.4. The van der Waals surface area contributed by atoms with Gasteiger partial charge >= 0.3 is 0 Å². The molecule has 4 nitrogen and oxygen atoms in total. The van der Waals surface area contributed by atoms with Crippen molar-refractivity contribution >= 4 is 21.6 Å². The van der Waals surface area contributed by atoms with Crippen molar-refractivity contribution in [1.82, 2.24) is 4.72 Å². The number of methoxy groups -OCH3 is 1. The Morgan fingerprint density at radius 3 is 2.75 bits per heavy atom. The molecule has 0 spiro atoms. The van der Waals surface area contributed by atoms with Gasteiger partial charge in [0.25, 0.3) is 0 Å². The summed E-state index contributed by atoms with van der Waals surface area (Å²) in [6, 6.07) is 3.28. The smallest absolute Gasteiger partial charge is 0.244 e. The highest BCUT2D eigenvalue weighted by atomic mass is 35.5. The van der Waals surface area contributed by atoms with Gasteiger partial charge in [-0.05, 0) is 18.2 Å². The molecule has 7 heteroatoms. The van der Waals surface area contributed by atoms with E-state index in [1.807, 2.05) is 0 Å². The van der Waals surface area contributed by atoms with Gasteiger partial charge in [-0.25, -0.2) is 17.5 Å². The first kappa shape index (κ1) is 13.2. The zero-order valence-corrected chi connectivity index (χ0v) is 10.1. The van der Waals surface area contributed by atoms with E-state index >= 15 is 0 Å². The van der Waals surface area contributed by atoms with Gasteiger partial charge in [-0.1, -0.05) is 0 Å². The minimum Gasteiger partial charge on any atom is -0.495 e. The van der Waals surface area contributed by atoms with Crippen molar-refractivity contribution in [2.45, 2.75) is 4.90 Å². The molecule has 0 saturated carbocycles. The molecule has 1 N–H and O–H groups in total. The summed E-state index contributed by atoms with van der Waals surface area (Å²) in [4.78, 5) is -0.236. The van der Waals surface area contributed by atoms with Crippen molar-refractivity contribution in [1.29, 1.82) is 0 Å². The van der Waals surface area contributed by atoms with Crippen LogP contribution in [0.4, 0.5) is 4.39 Å². The Morgan fingerprint density at radius 2 is 2.19 bits per heavy atom. The van der Waals surface area contributed by atoms with E-state index in [0.29, 0.717) is 0 Å². The summed E-state index contributed by atoms with van der Waals surface area (Å²) in [5.41, 5.74) is 0. The highest BCUT2D eigenvalue weighted by Gasteiger charge is 2.19. The molecule has 0 aliphatic heterocycles. The average Bonchev–Trinajstić information content (AvgIpc) is 2.26. The molecule has 0 radical (unpaired) electrons. The van der Waals surface area contributed by atoms with E-state index in [0.717, 1.165) is 12.1 Å². The Bertz CT molecular complexity index is 464. The molecule has 0 fully saturated rings. The maximum Gasteiger partial charge on any atom is 0.244 e. The molecule has 16 heavy (non-hydrogen) atoms. The van der Waals surface area contributed by atoms with Crippen molar-refractivity contribution in [2.75, 3.05) is 19.5 Å². The SMILES string of the molecule is COc1ccc(F)cc1S(=O)(=O)NCCCl. The Kier molecular flexibility index (Phi) is 4.52. The van der Waals surface area contributed by atoms with Crippen LogP contribution in [-0.4, -0.2) is 28.0 Å². The number of rotatable bonds is 5. The van der Waals surface area contributed by atoms with Crippen molar-refractivity contribution in [3.63, 3.8) is 0 Å². The summed E-state index contributed by atoms with van der Waals surface area (Å²) in [6.45, 7) is 0.0730. The first-order chi connectivity index (χ1) is 7.51. The Hall–Kier alpha value is -0.850. The first-order valence-corrected chi connectivity index (χ1v) is 6.42. The highest BCUT2D eigenvalue weighted by molar-refractivity contribution is 7.89. The number of hydrogen-bond donors (Lipinski definition) is 1. The molecule has 90 valence electrons. The van der Waals surface area contributed by atoms with Gasteiger partial charge in [-0.2, -0.15) is 0 Å². The normalized spacial score (nSPS) is 11.4. The van der Waals surface area contributed by atoms with Crippen LogP contribution in [0.25, 0.3) is 0 Å². The number of ether oxygens (including phenoxy) is 1. The van der Waals surface area contributed by atoms with Crippen LogP contribution in [0, 0.1) is 5.82 Å². The van der Waals surface area contributed by atoms with Crippen LogP contribution in [-0.2, 0) is 10.0 Å². The fourth-order valence-corrected chi connectivity index (χ4v) is 2.53. The molecule has 0 amide bonds. The number of sulfonamides is 1. The zero-order valence-electron chi connectivity index (χ0n) is 8.54. The maximum atomic E-state index is 13.0.